The van der Waals surface area contributed by atoms with Gasteiger partial charge < -0.3 is 24.8 Å². The zero-order valence-electron chi connectivity index (χ0n) is 14.8. The number of carboxylic acids is 1. The molecule has 1 aromatic carbocycles. The van der Waals surface area contributed by atoms with Crippen LogP contribution in [-0.2, 0) is 19.1 Å². The third kappa shape index (κ3) is 2.64. The fourth-order valence-electron chi connectivity index (χ4n) is 4.14. The number of aromatic nitrogens is 2. The van der Waals surface area contributed by atoms with Gasteiger partial charge in [0.05, 0.1) is 42.7 Å². The van der Waals surface area contributed by atoms with Crippen molar-refractivity contribution in [3.05, 3.63) is 24.3 Å². The number of carboxylic acid groups (broad SMARTS) is 1. The first kappa shape index (κ1) is 17.1. The van der Waals surface area contributed by atoms with Crippen LogP contribution >= 0.6 is 0 Å². The standard InChI is InChI=1S/C18H18N4O6/c23-17(13-11-3-4-12(27-11)14(13)18(24)25)19-9-1-2-10(16-15(9)20-28-21-16)22-5-7-26-8-6-22/h1-4,11-14H,5-8H2,(H,19,23)(H,24,25)/t11-,12-,13-,14-/m0/s1. The van der Waals surface area contributed by atoms with Crippen molar-refractivity contribution < 1.29 is 28.8 Å². The van der Waals surface area contributed by atoms with E-state index in [1.807, 2.05) is 6.07 Å². The maximum absolute atomic E-state index is 12.9. The van der Waals surface area contributed by atoms with Crippen molar-refractivity contribution in [3.63, 3.8) is 0 Å². The molecule has 146 valence electrons. The van der Waals surface area contributed by atoms with Crippen molar-refractivity contribution in [2.45, 2.75) is 12.2 Å². The zero-order chi connectivity index (χ0) is 19.3. The van der Waals surface area contributed by atoms with Crippen molar-refractivity contribution in [1.29, 1.82) is 0 Å². The van der Waals surface area contributed by atoms with E-state index in [1.165, 1.54) is 0 Å². The Morgan fingerprint density at radius 1 is 1.07 bits per heavy atom. The Bertz CT molecular complexity index is 966. The second kappa shape index (κ2) is 6.57. The number of amides is 1. The van der Waals surface area contributed by atoms with Crippen LogP contribution < -0.4 is 10.2 Å². The molecular weight excluding hydrogens is 368 g/mol. The lowest BCUT2D eigenvalue weighted by atomic mass is 9.82. The summed E-state index contributed by atoms with van der Waals surface area (Å²) in [5, 5.41) is 20.2. The first-order valence-electron chi connectivity index (χ1n) is 9.09. The van der Waals surface area contributed by atoms with Gasteiger partial charge in [-0.15, -0.1) is 0 Å². The number of nitrogens with zero attached hydrogens (tertiary/aromatic N) is 3. The molecule has 2 N–H and O–H groups in total. The first-order chi connectivity index (χ1) is 13.6. The summed E-state index contributed by atoms with van der Waals surface area (Å²) in [4.78, 5) is 26.6. The number of carbonyl (C=O) groups is 2. The molecule has 10 heteroatoms. The second-order valence-electron chi connectivity index (χ2n) is 7.02. The second-order valence-corrected chi connectivity index (χ2v) is 7.02. The van der Waals surface area contributed by atoms with Crippen LogP contribution in [0.4, 0.5) is 11.4 Å². The van der Waals surface area contributed by atoms with E-state index in [2.05, 4.69) is 20.5 Å². The molecule has 0 saturated carbocycles. The number of aliphatic carboxylic acids is 1. The molecule has 1 amide bonds. The third-order valence-corrected chi connectivity index (χ3v) is 5.49. The van der Waals surface area contributed by atoms with Gasteiger partial charge in [-0.1, -0.05) is 12.2 Å². The van der Waals surface area contributed by atoms with Crippen LogP contribution in [0.3, 0.4) is 0 Å². The minimum absolute atomic E-state index is 0.420. The predicted octanol–water partition coefficient (Wildman–Crippen LogP) is 0.652. The van der Waals surface area contributed by atoms with Crippen molar-refractivity contribution in [2.75, 3.05) is 36.5 Å². The predicted molar refractivity (Wildman–Crippen MR) is 95.9 cm³/mol. The van der Waals surface area contributed by atoms with Gasteiger partial charge in [-0.05, 0) is 22.4 Å². The number of morpholine rings is 1. The summed E-state index contributed by atoms with van der Waals surface area (Å²) in [6.45, 7) is 2.70. The lowest BCUT2D eigenvalue weighted by Gasteiger charge is -2.29. The van der Waals surface area contributed by atoms with E-state index < -0.39 is 35.9 Å². The average Bonchev–Trinajstić information content (AvgIpc) is 3.44. The molecule has 0 radical (unpaired) electrons. The van der Waals surface area contributed by atoms with Crippen LogP contribution in [-0.4, -0.2) is 65.8 Å². The maximum atomic E-state index is 12.9. The monoisotopic (exact) mass is 386 g/mol. The van der Waals surface area contributed by atoms with Crippen LogP contribution in [0.1, 0.15) is 0 Å². The molecule has 10 nitrogen and oxygen atoms in total. The van der Waals surface area contributed by atoms with Gasteiger partial charge in [0.1, 0.15) is 5.92 Å². The van der Waals surface area contributed by atoms with Crippen LogP contribution in [0, 0.1) is 11.8 Å². The Kier molecular flexibility index (Phi) is 4.02. The summed E-state index contributed by atoms with van der Waals surface area (Å²) in [5.74, 6) is -3.18. The molecule has 28 heavy (non-hydrogen) atoms. The molecule has 4 heterocycles. The number of ether oxygens (including phenoxy) is 2. The minimum Gasteiger partial charge on any atom is -0.481 e. The van der Waals surface area contributed by atoms with E-state index in [9.17, 15) is 14.7 Å². The molecule has 5 rings (SSSR count). The van der Waals surface area contributed by atoms with Gasteiger partial charge in [0.2, 0.25) is 5.91 Å². The number of rotatable bonds is 4. The van der Waals surface area contributed by atoms with Gasteiger partial charge in [-0.25, -0.2) is 4.63 Å². The minimum atomic E-state index is -1.05. The summed E-state index contributed by atoms with van der Waals surface area (Å²) in [6, 6.07) is 3.58. The first-order valence-corrected chi connectivity index (χ1v) is 9.09. The highest BCUT2D eigenvalue weighted by atomic mass is 16.6. The Morgan fingerprint density at radius 2 is 1.79 bits per heavy atom. The number of anilines is 2. The molecule has 1 aromatic heterocycles. The van der Waals surface area contributed by atoms with Crippen LogP contribution in [0.5, 0.6) is 0 Å². The normalized spacial score (nSPS) is 28.8. The number of nitrogens with one attached hydrogen (secondary N) is 1. The number of hydrogen-bond donors (Lipinski definition) is 2. The Morgan fingerprint density at radius 3 is 2.54 bits per heavy atom. The molecule has 2 aromatic rings. The Balaban J connectivity index is 1.43. The van der Waals surface area contributed by atoms with Gasteiger partial charge in [0, 0.05) is 13.1 Å². The molecule has 2 bridgehead atoms. The van der Waals surface area contributed by atoms with Crippen molar-refractivity contribution in [2.24, 2.45) is 11.8 Å². The van der Waals surface area contributed by atoms with E-state index in [-0.39, 0.29) is 0 Å². The van der Waals surface area contributed by atoms with Crippen LogP contribution in [0.2, 0.25) is 0 Å². The third-order valence-electron chi connectivity index (χ3n) is 5.49. The smallest absolute Gasteiger partial charge is 0.310 e. The highest BCUT2D eigenvalue weighted by molar-refractivity contribution is 6.04. The topological polar surface area (TPSA) is 127 Å². The Labute approximate surface area is 159 Å². The molecule has 3 aliphatic rings. The number of benzene rings is 1. The molecular formula is C18H18N4O6. The van der Waals surface area contributed by atoms with Gasteiger partial charge >= 0.3 is 5.97 Å². The number of hydrogen-bond acceptors (Lipinski definition) is 8. The van der Waals surface area contributed by atoms with E-state index >= 15 is 0 Å². The van der Waals surface area contributed by atoms with E-state index in [0.29, 0.717) is 29.9 Å². The van der Waals surface area contributed by atoms with E-state index in [1.54, 1.807) is 18.2 Å². The summed E-state index contributed by atoms with van der Waals surface area (Å²) < 4.78 is 15.9. The molecule has 4 atom stereocenters. The summed E-state index contributed by atoms with van der Waals surface area (Å²) >= 11 is 0. The lowest BCUT2D eigenvalue weighted by Crippen LogP contribution is -2.39. The fourth-order valence-corrected chi connectivity index (χ4v) is 4.14. The van der Waals surface area contributed by atoms with Crippen molar-refractivity contribution in [1.82, 2.24) is 10.3 Å². The Hall–Kier alpha value is -2.98. The summed E-state index contributed by atoms with van der Waals surface area (Å²) in [7, 11) is 0. The quantitative estimate of drug-likeness (QED) is 0.728. The van der Waals surface area contributed by atoms with Crippen LogP contribution in [0.15, 0.2) is 28.9 Å². The van der Waals surface area contributed by atoms with Gasteiger partial charge in [0.25, 0.3) is 0 Å². The molecule has 2 saturated heterocycles. The molecule has 3 aliphatic heterocycles. The highest BCUT2D eigenvalue weighted by Crippen LogP contribution is 2.40. The van der Waals surface area contributed by atoms with Gasteiger partial charge in [0.15, 0.2) is 11.0 Å². The van der Waals surface area contributed by atoms with Gasteiger partial charge in [-0.2, -0.15) is 0 Å². The number of fused-ring (bicyclic) bond motifs is 3. The molecule has 2 fully saturated rings. The van der Waals surface area contributed by atoms with Gasteiger partial charge in [-0.3, -0.25) is 9.59 Å². The summed E-state index contributed by atoms with van der Waals surface area (Å²) in [6.07, 6.45) is 2.33. The van der Waals surface area contributed by atoms with E-state index in [4.69, 9.17) is 14.1 Å². The maximum Gasteiger partial charge on any atom is 0.310 e. The SMILES string of the molecule is O=C(O)[C@@H]1[C@@H](C(=O)Nc2ccc(N3CCOCC3)c3nonc23)[C@@H]2C=C[C@@H]1O2. The molecule has 0 spiro atoms. The average molecular weight is 386 g/mol. The highest BCUT2D eigenvalue weighted by Gasteiger charge is 2.53. The van der Waals surface area contributed by atoms with E-state index in [0.717, 1.165) is 18.8 Å². The van der Waals surface area contributed by atoms with Crippen molar-refractivity contribution >= 4 is 34.3 Å². The number of carbonyl (C=O) groups excluding carboxylic acids is 1. The lowest BCUT2D eigenvalue weighted by molar-refractivity contribution is -0.145. The fraction of sp³-hybridized carbons (Fsp3) is 0.444. The molecule has 0 aliphatic carbocycles. The van der Waals surface area contributed by atoms with Crippen molar-refractivity contribution in [3.8, 4) is 0 Å². The summed E-state index contributed by atoms with van der Waals surface area (Å²) in [5.41, 5.74) is 2.24. The molecule has 0 unspecified atom stereocenters. The zero-order valence-corrected chi connectivity index (χ0v) is 14.8. The largest absolute Gasteiger partial charge is 0.481 e. The van der Waals surface area contributed by atoms with Crippen LogP contribution in [0.25, 0.3) is 11.0 Å².